The van der Waals surface area contributed by atoms with Gasteiger partial charge in [0.25, 0.3) is 0 Å². The number of aromatic nitrogens is 2. The molecule has 0 radical (unpaired) electrons. The van der Waals surface area contributed by atoms with Crippen molar-refractivity contribution in [3.05, 3.63) is 70.8 Å². The Labute approximate surface area is 130 Å². The number of ether oxygens (including phenoxy) is 1. The number of hydrogen-bond donors (Lipinski definition) is 0. The van der Waals surface area contributed by atoms with E-state index in [1.54, 1.807) is 34.9 Å². The van der Waals surface area contributed by atoms with E-state index in [1.165, 1.54) is 19.4 Å². The normalized spacial score (nSPS) is 12.9. The van der Waals surface area contributed by atoms with E-state index in [0.29, 0.717) is 5.52 Å². The number of ketones is 2. The summed E-state index contributed by atoms with van der Waals surface area (Å²) >= 11 is 0. The molecule has 0 aliphatic heterocycles. The van der Waals surface area contributed by atoms with Crippen LogP contribution in [0.15, 0.2) is 42.7 Å². The van der Waals surface area contributed by atoms with E-state index >= 15 is 0 Å². The molecule has 4 rings (SSSR count). The number of carbonyl (C=O) groups is 3. The lowest BCUT2D eigenvalue weighted by Gasteiger charge is -2.14. The summed E-state index contributed by atoms with van der Waals surface area (Å²) < 4.78 is 6.35. The van der Waals surface area contributed by atoms with E-state index < -0.39 is 11.8 Å². The number of rotatable bonds is 1. The number of methoxy groups -OCH3 is 1. The van der Waals surface area contributed by atoms with Crippen LogP contribution in [-0.2, 0) is 4.74 Å². The Balaban J connectivity index is 2.17. The summed E-state index contributed by atoms with van der Waals surface area (Å²) in [6.07, 6.45) is 3.10. The lowest BCUT2D eigenvalue weighted by Crippen LogP contribution is -2.24. The molecule has 0 amide bonds. The molecule has 0 fully saturated rings. The molecular weight excluding hydrogens is 296 g/mol. The third kappa shape index (κ3) is 1.63. The number of pyridine rings is 2. The highest BCUT2D eigenvalue weighted by molar-refractivity contribution is 6.31. The molecule has 0 bridgehead atoms. The first-order valence-corrected chi connectivity index (χ1v) is 6.91. The minimum absolute atomic E-state index is 0.0774. The zero-order valence-electron chi connectivity index (χ0n) is 12.1. The average Bonchev–Trinajstić information content (AvgIpc) is 2.94. The van der Waals surface area contributed by atoms with Gasteiger partial charge in [0.15, 0.2) is 5.78 Å². The predicted molar refractivity (Wildman–Crippen MR) is 79.8 cm³/mol. The van der Waals surface area contributed by atoms with Gasteiger partial charge in [-0.25, -0.2) is 4.79 Å². The fourth-order valence-electron chi connectivity index (χ4n) is 2.98. The highest BCUT2D eigenvalue weighted by Gasteiger charge is 2.38. The standard InChI is InChI=1S/C17H10N2O4/c1-23-17(22)11-10-6-2-3-8-19(10)14-12(11)15(20)9-5-4-7-18-13(9)16(14)21/h2-8H,1H3. The van der Waals surface area contributed by atoms with E-state index in [-0.39, 0.29) is 33.9 Å². The third-order valence-electron chi connectivity index (χ3n) is 3.94. The molecule has 0 atom stereocenters. The van der Waals surface area contributed by atoms with Crippen molar-refractivity contribution in [2.24, 2.45) is 0 Å². The molecule has 0 saturated heterocycles. The molecule has 0 N–H and O–H groups in total. The topological polar surface area (TPSA) is 77.7 Å². The molecule has 3 aromatic rings. The van der Waals surface area contributed by atoms with E-state index in [4.69, 9.17) is 4.74 Å². The molecule has 0 unspecified atom stereocenters. The minimum Gasteiger partial charge on any atom is -0.465 e. The lowest BCUT2D eigenvalue weighted by molar-refractivity contribution is 0.0600. The number of esters is 1. The van der Waals surface area contributed by atoms with Crippen molar-refractivity contribution in [1.29, 1.82) is 0 Å². The second-order valence-electron chi connectivity index (χ2n) is 5.10. The maximum atomic E-state index is 12.9. The van der Waals surface area contributed by atoms with E-state index in [0.717, 1.165) is 0 Å². The third-order valence-corrected chi connectivity index (χ3v) is 3.94. The van der Waals surface area contributed by atoms with Crippen molar-refractivity contribution in [3.63, 3.8) is 0 Å². The summed E-state index contributed by atoms with van der Waals surface area (Å²) in [5, 5.41) is 0. The highest BCUT2D eigenvalue weighted by atomic mass is 16.5. The fraction of sp³-hybridized carbons (Fsp3) is 0.0588. The van der Waals surface area contributed by atoms with Gasteiger partial charge in [0.05, 0.1) is 29.3 Å². The lowest BCUT2D eigenvalue weighted by atomic mass is 9.89. The van der Waals surface area contributed by atoms with Gasteiger partial charge in [-0.1, -0.05) is 6.07 Å². The van der Waals surface area contributed by atoms with Crippen molar-refractivity contribution < 1.29 is 19.1 Å². The molecule has 0 aromatic carbocycles. The Morgan fingerprint density at radius 2 is 1.96 bits per heavy atom. The van der Waals surface area contributed by atoms with Crippen LogP contribution in [0.4, 0.5) is 0 Å². The van der Waals surface area contributed by atoms with Gasteiger partial charge in [-0.3, -0.25) is 14.6 Å². The molecule has 3 aromatic heterocycles. The summed E-state index contributed by atoms with van der Waals surface area (Å²) in [6.45, 7) is 0. The first kappa shape index (κ1) is 13.4. The first-order chi connectivity index (χ1) is 11.1. The van der Waals surface area contributed by atoms with Gasteiger partial charge < -0.3 is 9.14 Å². The molecule has 6 nitrogen and oxygen atoms in total. The van der Waals surface area contributed by atoms with Crippen molar-refractivity contribution in [3.8, 4) is 0 Å². The Kier molecular flexibility index (Phi) is 2.68. The maximum absolute atomic E-state index is 12.9. The van der Waals surface area contributed by atoms with Gasteiger partial charge in [0.1, 0.15) is 11.4 Å². The van der Waals surface area contributed by atoms with Crippen molar-refractivity contribution in [2.75, 3.05) is 7.11 Å². The zero-order chi connectivity index (χ0) is 16.1. The van der Waals surface area contributed by atoms with Crippen molar-refractivity contribution in [1.82, 2.24) is 9.38 Å². The van der Waals surface area contributed by atoms with Crippen LogP contribution in [0.25, 0.3) is 5.52 Å². The molecule has 6 heteroatoms. The monoisotopic (exact) mass is 306 g/mol. The van der Waals surface area contributed by atoms with Gasteiger partial charge in [-0.2, -0.15) is 0 Å². The SMILES string of the molecule is COC(=O)c1c2c(n3ccccc13)C(=O)c1ncccc1C2=O. The largest absolute Gasteiger partial charge is 0.465 e. The summed E-state index contributed by atoms with van der Waals surface area (Å²) in [5.41, 5.74) is 1.09. The van der Waals surface area contributed by atoms with E-state index in [1.807, 2.05) is 0 Å². The molecule has 112 valence electrons. The summed E-state index contributed by atoms with van der Waals surface area (Å²) in [6, 6.07) is 8.24. The van der Waals surface area contributed by atoms with Gasteiger partial charge in [-0.05, 0) is 24.3 Å². The number of nitrogens with zero attached hydrogens (tertiary/aromatic N) is 2. The Bertz CT molecular complexity index is 1020. The van der Waals surface area contributed by atoms with Crippen LogP contribution >= 0.6 is 0 Å². The second-order valence-corrected chi connectivity index (χ2v) is 5.10. The Morgan fingerprint density at radius 3 is 2.74 bits per heavy atom. The molecule has 0 spiro atoms. The average molecular weight is 306 g/mol. The maximum Gasteiger partial charge on any atom is 0.340 e. The van der Waals surface area contributed by atoms with E-state index in [9.17, 15) is 14.4 Å². The highest BCUT2D eigenvalue weighted by Crippen LogP contribution is 2.33. The molecule has 1 aliphatic carbocycles. The fourth-order valence-corrected chi connectivity index (χ4v) is 2.98. The molecule has 1 aliphatic rings. The van der Waals surface area contributed by atoms with Gasteiger partial charge in [0.2, 0.25) is 5.78 Å². The van der Waals surface area contributed by atoms with Crippen LogP contribution < -0.4 is 0 Å². The first-order valence-electron chi connectivity index (χ1n) is 6.91. The number of fused-ring (bicyclic) bond motifs is 4. The predicted octanol–water partition coefficient (Wildman–Crippen LogP) is 1.90. The summed E-state index contributed by atoms with van der Waals surface area (Å²) in [4.78, 5) is 41.9. The molecule has 3 heterocycles. The molecule has 0 saturated carbocycles. The number of carbonyl (C=O) groups excluding carboxylic acids is 3. The molecule has 23 heavy (non-hydrogen) atoms. The zero-order valence-corrected chi connectivity index (χ0v) is 12.1. The Hall–Kier alpha value is -3.28. The van der Waals surface area contributed by atoms with Crippen LogP contribution in [0.3, 0.4) is 0 Å². The summed E-state index contributed by atoms with van der Waals surface area (Å²) in [7, 11) is 1.24. The second kappa shape index (κ2) is 4.61. The van der Waals surface area contributed by atoms with Crippen LogP contribution in [0.5, 0.6) is 0 Å². The van der Waals surface area contributed by atoms with Crippen molar-refractivity contribution in [2.45, 2.75) is 0 Å². The quantitative estimate of drug-likeness (QED) is 0.502. The van der Waals surface area contributed by atoms with Crippen LogP contribution in [-0.4, -0.2) is 34.0 Å². The van der Waals surface area contributed by atoms with E-state index in [2.05, 4.69) is 4.98 Å². The van der Waals surface area contributed by atoms with Crippen molar-refractivity contribution >= 4 is 23.1 Å². The van der Waals surface area contributed by atoms with Crippen LogP contribution in [0.2, 0.25) is 0 Å². The smallest absolute Gasteiger partial charge is 0.340 e. The van der Waals surface area contributed by atoms with Gasteiger partial charge >= 0.3 is 5.97 Å². The minimum atomic E-state index is -0.650. The van der Waals surface area contributed by atoms with Gasteiger partial charge in [0, 0.05) is 12.4 Å². The Morgan fingerprint density at radius 1 is 1.13 bits per heavy atom. The molecular formula is C17H10N2O4. The summed E-state index contributed by atoms with van der Waals surface area (Å²) in [5.74, 6) is -1.43. The number of hydrogen-bond acceptors (Lipinski definition) is 5. The van der Waals surface area contributed by atoms with Crippen LogP contribution in [0.1, 0.15) is 42.5 Å². The van der Waals surface area contributed by atoms with Crippen LogP contribution in [0, 0.1) is 0 Å². The van der Waals surface area contributed by atoms with Gasteiger partial charge in [-0.15, -0.1) is 0 Å².